The minimum absolute atomic E-state index is 0.261. The molecule has 0 atom stereocenters. The average molecular weight is 221 g/mol. The number of rotatable bonds is 5. The molecule has 2 rings (SSSR count). The molecule has 1 fully saturated rings. The van der Waals surface area contributed by atoms with Crippen molar-refractivity contribution in [2.24, 2.45) is 0 Å². The highest BCUT2D eigenvalue weighted by Gasteiger charge is 2.39. The summed E-state index contributed by atoms with van der Waals surface area (Å²) in [6.07, 6.45) is 2.24. The number of carbonyl (C=O) groups is 1. The number of nitrogens with one attached hydrogen (secondary N) is 1. The van der Waals surface area contributed by atoms with Gasteiger partial charge in [-0.3, -0.25) is 9.63 Å². The first-order valence-corrected chi connectivity index (χ1v) is 5.39. The Kier molecular flexibility index (Phi) is 3.22. The zero-order valence-corrected chi connectivity index (χ0v) is 8.98. The summed E-state index contributed by atoms with van der Waals surface area (Å²) >= 11 is 0. The molecule has 4 heteroatoms. The van der Waals surface area contributed by atoms with E-state index in [1.165, 1.54) is 0 Å². The van der Waals surface area contributed by atoms with Gasteiger partial charge in [-0.15, -0.1) is 0 Å². The van der Waals surface area contributed by atoms with Crippen LogP contribution < -0.4 is 5.48 Å². The summed E-state index contributed by atoms with van der Waals surface area (Å²) < 4.78 is 0. The van der Waals surface area contributed by atoms with Crippen LogP contribution in [0, 0.1) is 0 Å². The molecule has 1 aromatic carbocycles. The molecule has 0 radical (unpaired) electrons. The van der Waals surface area contributed by atoms with Crippen LogP contribution in [0.3, 0.4) is 0 Å². The number of benzene rings is 1. The molecule has 0 aromatic heterocycles. The molecule has 1 aliphatic rings. The predicted octanol–water partition coefficient (Wildman–Crippen LogP) is 1.26. The van der Waals surface area contributed by atoms with E-state index in [4.69, 9.17) is 4.84 Å². The van der Waals surface area contributed by atoms with Crippen LogP contribution in [-0.2, 0) is 4.84 Å². The molecule has 0 spiro atoms. The number of hydroxylamine groups is 1. The van der Waals surface area contributed by atoms with E-state index in [9.17, 15) is 9.90 Å². The monoisotopic (exact) mass is 221 g/mol. The fraction of sp³-hybridized carbons (Fsp3) is 0.417. The first-order chi connectivity index (χ1) is 7.70. The fourth-order valence-electron chi connectivity index (χ4n) is 1.40. The van der Waals surface area contributed by atoms with E-state index in [2.05, 4.69) is 5.48 Å². The van der Waals surface area contributed by atoms with Gasteiger partial charge in [-0.1, -0.05) is 18.2 Å². The molecular weight excluding hydrogens is 206 g/mol. The Labute approximate surface area is 94.2 Å². The molecule has 2 N–H and O–H groups in total. The molecule has 0 saturated heterocycles. The van der Waals surface area contributed by atoms with Crippen LogP contribution in [0.4, 0.5) is 0 Å². The molecule has 0 aliphatic heterocycles. The minimum atomic E-state index is -0.530. The second-order valence-corrected chi connectivity index (χ2v) is 4.12. The highest BCUT2D eigenvalue weighted by Crippen LogP contribution is 2.37. The molecule has 1 saturated carbocycles. The third kappa shape index (κ3) is 3.05. The third-order valence-electron chi connectivity index (χ3n) is 2.70. The van der Waals surface area contributed by atoms with E-state index in [0.717, 1.165) is 12.8 Å². The number of hydrogen-bond acceptors (Lipinski definition) is 3. The van der Waals surface area contributed by atoms with Gasteiger partial charge in [0.05, 0.1) is 12.2 Å². The molecule has 4 nitrogen and oxygen atoms in total. The maximum atomic E-state index is 11.5. The van der Waals surface area contributed by atoms with Gasteiger partial charge in [0.15, 0.2) is 0 Å². The van der Waals surface area contributed by atoms with E-state index in [-0.39, 0.29) is 5.91 Å². The maximum Gasteiger partial charge on any atom is 0.274 e. The second kappa shape index (κ2) is 4.63. The highest BCUT2D eigenvalue weighted by atomic mass is 16.6. The van der Waals surface area contributed by atoms with Gasteiger partial charge in [-0.2, -0.15) is 0 Å². The van der Waals surface area contributed by atoms with Crippen molar-refractivity contribution in [3.8, 4) is 0 Å². The topological polar surface area (TPSA) is 58.6 Å². The Bertz CT molecular complexity index is 360. The van der Waals surface area contributed by atoms with E-state index >= 15 is 0 Å². The Morgan fingerprint density at radius 1 is 1.38 bits per heavy atom. The largest absolute Gasteiger partial charge is 0.390 e. The number of amides is 1. The van der Waals surface area contributed by atoms with Crippen LogP contribution in [0.1, 0.15) is 29.6 Å². The van der Waals surface area contributed by atoms with E-state index < -0.39 is 5.60 Å². The molecule has 0 heterocycles. The average Bonchev–Trinajstić information content (AvgIpc) is 3.04. The van der Waals surface area contributed by atoms with E-state index in [1.54, 1.807) is 24.3 Å². The van der Waals surface area contributed by atoms with Gasteiger partial charge in [0.2, 0.25) is 0 Å². The van der Waals surface area contributed by atoms with Crippen LogP contribution >= 0.6 is 0 Å². The summed E-state index contributed by atoms with van der Waals surface area (Å²) in [6.45, 7) is 0.342. The van der Waals surface area contributed by atoms with Crippen molar-refractivity contribution in [2.45, 2.75) is 24.9 Å². The molecule has 1 aliphatic carbocycles. The van der Waals surface area contributed by atoms with Crippen molar-refractivity contribution in [1.29, 1.82) is 0 Å². The first kappa shape index (κ1) is 11.1. The van der Waals surface area contributed by atoms with Gasteiger partial charge >= 0.3 is 0 Å². The number of hydrogen-bond donors (Lipinski definition) is 2. The molecule has 16 heavy (non-hydrogen) atoms. The summed E-state index contributed by atoms with van der Waals surface area (Å²) in [5.41, 5.74) is 2.38. The zero-order chi connectivity index (χ0) is 11.4. The lowest BCUT2D eigenvalue weighted by Crippen LogP contribution is -2.25. The van der Waals surface area contributed by atoms with E-state index in [1.807, 2.05) is 6.07 Å². The molecule has 1 aromatic rings. The van der Waals surface area contributed by atoms with Crippen LogP contribution in [0.5, 0.6) is 0 Å². The van der Waals surface area contributed by atoms with Gasteiger partial charge in [0.25, 0.3) is 5.91 Å². The Hall–Kier alpha value is -1.39. The predicted molar refractivity (Wildman–Crippen MR) is 58.7 cm³/mol. The lowest BCUT2D eigenvalue weighted by molar-refractivity contribution is 0.0120. The number of aliphatic hydroxyl groups is 1. The summed E-state index contributed by atoms with van der Waals surface area (Å²) in [6, 6.07) is 8.87. The highest BCUT2D eigenvalue weighted by molar-refractivity contribution is 5.93. The van der Waals surface area contributed by atoms with Gasteiger partial charge in [0, 0.05) is 12.0 Å². The van der Waals surface area contributed by atoms with Gasteiger partial charge in [-0.25, -0.2) is 5.48 Å². The second-order valence-electron chi connectivity index (χ2n) is 4.12. The maximum absolute atomic E-state index is 11.5. The Balaban J connectivity index is 1.68. The molecule has 0 bridgehead atoms. The van der Waals surface area contributed by atoms with Crippen molar-refractivity contribution >= 4 is 5.91 Å². The van der Waals surface area contributed by atoms with Gasteiger partial charge in [-0.05, 0) is 25.0 Å². The smallest absolute Gasteiger partial charge is 0.274 e. The summed E-state index contributed by atoms with van der Waals surface area (Å²) in [7, 11) is 0. The van der Waals surface area contributed by atoms with Crippen molar-refractivity contribution in [1.82, 2.24) is 5.48 Å². The molecule has 86 valence electrons. The van der Waals surface area contributed by atoms with Crippen LogP contribution in [0.2, 0.25) is 0 Å². The minimum Gasteiger partial charge on any atom is -0.390 e. The van der Waals surface area contributed by atoms with Crippen molar-refractivity contribution in [2.75, 3.05) is 6.61 Å². The quantitative estimate of drug-likeness (QED) is 0.581. The van der Waals surface area contributed by atoms with Crippen molar-refractivity contribution in [3.05, 3.63) is 35.9 Å². The van der Waals surface area contributed by atoms with Crippen molar-refractivity contribution in [3.63, 3.8) is 0 Å². The Morgan fingerprint density at radius 2 is 2.06 bits per heavy atom. The van der Waals surface area contributed by atoms with Crippen molar-refractivity contribution < 1.29 is 14.7 Å². The molecule has 0 unspecified atom stereocenters. The standard InChI is InChI=1S/C12H15NO3/c14-11(10-4-2-1-3-5-10)13-16-9-8-12(15)6-7-12/h1-5,15H,6-9H2,(H,13,14). The normalized spacial score (nSPS) is 16.8. The van der Waals surface area contributed by atoms with Gasteiger partial charge in [0.1, 0.15) is 0 Å². The van der Waals surface area contributed by atoms with Crippen LogP contribution in [0.25, 0.3) is 0 Å². The SMILES string of the molecule is O=C(NOCCC1(O)CC1)c1ccccc1. The third-order valence-corrected chi connectivity index (χ3v) is 2.70. The summed E-state index contributed by atoms with van der Waals surface area (Å²) in [5.74, 6) is -0.261. The van der Waals surface area contributed by atoms with E-state index in [0.29, 0.717) is 18.6 Å². The molecule has 1 amide bonds. The van der Waals surface area contributed by atoms with Crippen LogP contribution in [-0.4, -0.2) is 23.2 Å². The summed E-state index contributed by atoms with van der Waals surface area (Å²) in [4.78, 5) is 16.5. The Morgan fingerprint density at radius 3 is 2.69 bits per heavy atom. The lowest BCUT2D eigenvalue weighted by Gasteiger charge is -2.08. The first-order valence-electron chi connectivity index (χ1n) is 5.39. The lowest BCUT2D eigenvalue weighted by atomic mass is 10.2. The van der Waals surface area contributed by atoms with Crippen LogP contribution in [0.15, 0.2) is 30.3 Å². The fourth-order valence-corrected chi connectivity index (χ4v) is 1.40. The molecular formula is C12H15NO3. The van der Waals surface area contributed by atoms with Gasteiger partial charge < -0.3 is 5.11 Å². The summed E-state index contributed by atoms with van der Waals surface area (Å²) in [5, 5.41) is 9.52. The zero-order valence-electron chi connectivity index (χ0n) is 8.98. The number of carbonyl (C=O) groups excluding carboxylic acids is 1.